The summed E-state index contributed by atoms with van der Waals surface area (Å²) in [4.78, 5) is 23.5. The van der Waals surface area contributed by atoms with Gasteiger partial charge in [0.25, 0.3) is 5.91 Å². The van der Waals surface area contributed by atoms with Crippen molar-refractivity contribution in [1.82, 2.24) is 14.9 Å². The number of benzene rings is 2. The number of ether oxygens (including phenoxy) is 1. The van der Waals surface area contributed by atoms with Crippen LogP contribution in [0.25, 0.3) is 22.0 Å². The van der Waals surface area contributed by atoms with Gasteiger partial charge in [0.1, 0.15) is 5.69 Å². The first-order chi connectivity index (χ1) is 17.4. The molecule has 0 saturated carbocycles. The number of carbonyl (C=O) groups is 1. The molecule has 0 atom stereocenters. The van der Waals surface area contributed by atoms with Gasteiger partial charge in [0.05, 0.1) is 12.1 Å². The Kier molecular flexibility index (Phi) is 7.82. The second kappa shape index (κ2) is 11.2. The minimum Gasteiger partial charge on any atom is -0.377 e. The maximum Gasteiger partial charge on any atom is 0.273 e. The van der Waals surface area contributed by atoms with Gasteiger partial charge in [-0.1, -0.05) is 36.9 Å². The fraction of sp³-hybridized carbons (Fsp3) is 0.222. The van der Waals surface area contributed by atoms with E-state index in [1.165, 1.54) is 0 Å². The van der Waals surface area contributed by atoms with Gasteiger partial charge < -0.3 is 21.1 Å². The predicted octanol–water partition coefficient (Wildman–Crippen LogP) is 4.15. The maximum atomic E-state index is 14.2. The van der Waals surface area contributed by atoms with E-state index in [1.54, 1.807) is 29.2 Å². The molecule has 4 N–H and O–H groups in total. The molecule has 1 amide bonds. The van der Waals surface area contributed by atoms with Gasteiger partial charge >= 0.3 is 0 Å². The van der Waals surface area contributed by atoms with Crippen LogP contribution in [0.3, 0.4) is 0 Å². The zero-order valence-corrected chi connectivity index (χ0v) is 19.7. The highest BCUT2D eigenvalue weighted by atomic mass is 19.2. The van der Waals surface area contributed by atoms with Crippen LogP contribution in [0, 0.1) is 11.6 Å². The Morgan fingerprint density at radius 2 is 2.00 bits per heavy atom. The van der Waals surface area contributed by atoms with Crippen LogP contribution >= 0.6 is 0 Å². The number of carbonyl (C=O) groups excluding carboxylic acids is 1. The summed E-state index contributed by atoms with van der Waals surface area (Å²) in [6.07, 6.45) is 7.97. The van der Waals surface area contributed by atoms with Crippen molar-refractivity contribution in [2.75, 3.05) is 32.0 Å². The van der Waals surface area contributed by atoms with Crippen molar-refractivity contribution in [2.45, 2.75) is 13.0 Å². The standard InChI is InChI=1S/C27H27F2N5O2/c1-2-3-5-17-8-10-34(15-17)26(35)25-21-12-18(6-7-24(21)32-27(31)33-25)20-14-23(29)22(28)13-19(20)16-36-11-4-9-30/h2-3,5-8,12-14H,1,4,9-11,15-16,30H2,(H2,31,32,33). The van der Waals surface area contributed by atoms with E-state index in [9.17, 15) is 13.6 Å². The molecule has 1 aliphatic heterocycles. The smallest absolute Gasteiger partial charge is 0.273 e. The third-order valence-electron chi connectivity index (χ3n) is 5.80. The van der Waals surface area contributed by atoms with Crippen LogP contribution in [0.1, 0.15) is 22.5 Å². The molecule has 9 heteroatoms. The van der Waals surface area contributed by atoms with E-state index >= 15 is 0 Å². The van der Waals surface area contributed by atoms with Crippen molar-refractivity contribution >= 4 is 22.8 Å². The van der Waals surface area contributed by atoms with Crippen LogP contribution in [0.5, 0.6) is 0 Å². The molecular weight excluding hydrogens is 464 g/mol. The molecule has 2 heterocycles. The number of amides is 1. The average molecular weight is 492 g/mol. The highest BCUT2D eigenvalue weighted by molar-refractivity contribution is 6.06. The van der Waals surface area contributed by atoms with Crippen molar-refractivity contribution in [2.24, 2.45) is 5.73 Å². The minimum absolute atomic E-state index is 0.0284. The summed E-state index contributed by atoms with van der Waals surface area (Å²) < 4.78 is 33.9. The van der Waals surface area contributed by atoms with Gasteiger partial charge in [-0.25, -0.2) is 18.7 Å². The van der Waals surface area contributed by atoms with E-state index in [0.717, 1.165) is 17.7 Å². The molecule has 0 fully saturated rings. The highest BCUT2D eigenvalue weighted by Gasteiger charge is 2.24. The fourth-order valence-electron chi connectivity index (χ4n) is 4.01. The number of allylic oxidation sites excluding steroid dienone is 2. The Bertz CT molecular complexity index is 1370. The van der Waals surface area contributed by atoms with Crippen LogP contribution in [0.15, 0.2) is 66.8 Å². The first kappa shape index (κ1) is 25.2. The lowest BCUT2D eigenvalue weighted by Gasteiger charge is -2.17. The van der Waals surface area contributed by atoms with E-state index in [2.05, 4.69) is 16.5 Å². The van der Waals surface area contributed by atoms with Crippen molar-refractivity contribution in [3.8, 4) is 11.1 Å². The third kappa shape index (κ3) is 5.48. The average Bonchev–Trinajstić information content (AvgIpc) is 3.35. The fourth-order valence-corrected chi connectivity index (χ4v) is 4.01. The lowest BCUT2D eigenvalue weighted by molar-refractivity contribution is 0.0795. The van der Waals surface area contributed by atoms with E-state index in [0.29, 0.717) is 60.3 Å². The zero-order chi connectivity index (χ0) is 25.7. The van der Waals surface area contributed by atoms with E-state index < -0.39 is 11.6 Å². The molecule has 36 heavy (non-hydrogen) atoms. The Morgan fingerprint density at radius 3 is 2.78 bits per heavy atom. The number of hydrogen-bond donors (Lipinski definition) is 2. The van der Waals surface area contributed by atoms with Crippen LogP contribution in [0.4, 0.5) is 14.7 Å². The van der Waals surface area contributed by atoms with Gasteiger partial charge in [-0.15, -0.1) is 0 Å². The van der Waals surface area contributed by atoms with Gasteiger partial charge in [-0.05, 0) is 59.5 Å². The number of halogens is 2. The molecule has 186 valence electrons. The van der Waals surface area contributed by atoms with Crippen LogP contribution in [-0.4, -0.2) is 47.0 Å². The third-order valence-corrected chi connectivity index (χ3v) is 5.80. The molecule has 4 rings (SSSR count). The number of nitrogens with two attached hydrogens (primary N) is 2. The Labute approximate surface area is 207 Å². The van der Waals surface area contributed by atoms with Crippen LogP contribution in [0.2, 0.25) is 0 Å². The monoisotopic (exact) mass is 491 g/mol. The molecule has 0 radical (unpaired) electrons. The molecule has 2 aromatic carbocycles. The lowest BCUT2D eigenvalue weighted by atomic mass is 9.97. The quantitative estimate of drug-likeness (QED) is 0.344. The normalized spacial score (nSPS) is 13.5. The number of aromatic nitrogens is 2. The summed E-state index contributed by atoms with van der Waals surface area (Å²) in [5.41, 5.74) is 14.5. The van der Waals surface area contributed by atoms with E-state index in [1.807, 2.05) is 18.2 Å². The summed E-state index contributed by atoms with van der Waals surface area (Å²) in [5.74, 6) is -2.28. The molecule has 1 aromatic heterocycles. The number of fused-ring (bicyclic) bond motifs is 1. The molecule has 1 aliphatic rings. The van der Waals surface area contributed by atoms with Gasteiger partial charge in [0.2, 0.25) is 5.95 Å². The molecule has 0 aliphatic carbocycles. The second-order valence-electron chi connectivity index (χ2n) is 8.34. The van der Waals surface area contributed by atoms with Gasteiger partial charge in [-0.3, -0.25) is 4.79 Å². The summed E-state index contributed by atoms with van der Waals surface area (Å²) in [6, 6.07) is 7.34. The predicted molar refractivity (Wildman–Crippen MR) is 136 cm³/mol. The number of nitrogens with zero attached hydrogens (tertiary/aromatic N) is 3. The lowest BCUT2D eigenvalue weighted by Crippen LogP contribution is -2.30. The van der Waals surface area contributed by atoms with Crippen molar-refractivity contribution in [1.29, 1.82) is 0 Å². The highest BCUT2D eigenvalue weighted by Crippen LogP contribution is 2.31. The van der Waals surface area contributed by atoms with Gasteiger partial charge in [0.15, 0.2) is 11.6 Å². The van der Waals surface area contributed by atoms with E-state index in [-0.39, 0.29) is 24.2 Å². The molecule has 0 unspecified atom stereocenters. The second-order valence-corrected chi connectivity index (χ2v) is 8.34. The zero-order valence-electron chi connectivity index (χ0n) is 19.7. The van der Waals surface area contributed by atoms with Crippen LogP contribution < -0.4 is 11.5 Å². The van der Waals surface area contributed by atoms with Gasteiger partial charge in [-0.2, -0.15) is 0 Å². The summed E-state index contributed by atoms with van der Waals surface area (Å²) >= 11 is 0. The molecule has 0 spiro atoms. The topological polar surface area (TPSA) is 107 Å². The van der Waals surface area contributed by atoms with Crippen molar-refractivity contribution in [3.63, 3.8) is 0 Å². The Balaban J connectivity index is 1.72. The maximum absolute atomic E-state index is 14.2. The molecular formula is C27H27F2N5O2. The minimum atomic E-state index is -0.982. The summed E-state index contributed by atoms with van der Waals surface area (Å²) in [7, 11) is 0. The molecule has 0 saturated heterocycles. The summed E-state index contributed by atoms with van der Waals surface area (Å²) in [5, 5.41) is 0.460. The Morgan fingerprint density at radius 1 is 1.19 bits per heavy atom. The SMILES string of the molecule is C=CC=CC1=CCN(C(=O)c2nc(N)nc3ccc(-c4cc(F)c(F)cc4COCCCN)cc23)C1. The largest absolute Gasteiger partial charge is 0.377 e. The molecule has 0 bridgehead atoms. The van der Waals surface area contributed by atoms with E-state index in [4.69, 9.17) is 16.2 Å². The first-order valence-electron chi connectivity index (χ1n) is 11.5. The molecule has 7 nitrogen and oxygen atoms in total. The number of hydrogen-bond acceptors (Lipinski definition) is 6. The molecule has 3 aromatic rings. The number of nitrogen functional groups attached to an aromatic ring is 1. The van der Waals surface area contributed by atoms with Gasteiger partial charge in [0, 0.05) is 25.1 Å². The van der Waals surface area contributed by atoms with Crippen molar-refractivity contribution in [3.05, 3.63) is 89.7 Å². The Hall–Kier alpha value is -3.95. The van der Waals surface area contributed by atoms with Crippen LogP contribution in [-0.2, 0) is 11.3 Å². The first-order valence-corrected chi connectivity index (χ1v) is 11.5. The summed E-state index contributed by atoms with van der Waals surface area (Å²) in [6.45, 7) is 5.44. The van der Waals surface area contributed by atoms with Crippen molar-refractivity contribution < 1.29 is 18.3 Å². The number of rotatable bonds is 9. The number of anilines is 1.